The van der Waals surface area contributed by atoms with Gasteiger partial charge in [-0.25, -0.2) is 15.0 Å². The molecule has 0 aromatic carbocycles. The molecule has 0 aliphatic carbocycles. The topological polar surface area (TPSA) is 55.6 Å². The third-order valence-electron chi connectivity index (χ3n) is 3.57. The summed E-state index contributed by atoms with van der Waals surface area (Å²) in [5.74, 6) is 2.07. The second kappa shape index (κ2) is 4.82. The smallest absolute Gasteiger partial charge is 0.147 e. The van der Waals surface area contributed by atoms with E-state index in [1.807, 2.05) is 18.5 Å². The Morgan fingerprint density at radius 2 is 2.30 bits per heavy atom. The zero-order chi connectivity index (χ0) is 13.5. The maximum atomic E-state index is 4.40. The van der Waals surface area contributed by atoms with Crippen LogP contribution in [0, 0.1) is 0 Å². The SMILES string of the molecule is Brc1cc2ncnc(NC3CCn4ccnc4C3)c2s1. The quantitative estimate of drug-likeness (QED) is 0.772. The predicted octanol–water partition coefficient (Wildman–Crippen LogP) is 3.08. The average Bonchev–Trinajstić information content (AvgIpc) is 3.04. The van der Waals surface area contributed by atoms with Crippen LogP contribution in [0.2, 0.25) is 0 Å². The maximum absolute atomic E-state index is 4.40. The first-order valence-corrected chi connectivity index (χ1v) is 8.07. The summed E-state index contributed by atoms with van der Waals surface area (Å²) in [4.78, 5) is 13.1. The summed E-state index contributed by atoms with van der Waals surface area (Å²) in [5.41, 5.74) is 0.983. The van der Waals surface area contributed by atoms with Crippen molar-refractivity contribution >= 4 is 43.3 Å². The van der Waals surface area contributed by atoms with Crippen LogP contribution in [-0.2, 0) is 13.0 Å². The van der Waals surface area contributed by atoms with E-state index in [1.165, 1.54) is 0 Å². The Hall–Kier alpha value is -1.47. The van der Waals surface area contributed by atoms with Crippen LogP contribution < -0.4 is 5.32 Å². The summed E-state index contributed by atoms with van der Waals surface area (Å²) in [5, 5.41) is 3.55. The molecule has 0 fully saturated rings. The van der Waals surface area contributed by atoms with E-state index in [0.717, 1.165) is 45.0 Å². The van der Waals surface area contributed by atoms with Crippen molar-refractivity contribution < 1.29 is 0 Å². The number of rotatable bonds is 2. The first kappa shape index (κ1) is 12.3. The summed E-state index contributed by atoms with van der Waals surface area (Å²) >= 11 is 5.17. The molecule has 1 aliphatic rings. The number of hydrogen-bond donors (Lipinski definition) is 1. The van der Waals surface area contributed by atoms with Gasteiger partial charge in [0.2, 0.25) is 0 Å². The van der Waals surface area contributed by atoms with Crippen molar-refractivity contribution in [2.24, 2.45) is 0 Å². The monoisotopic (exact) mass is 349 g/mol. The van der Waals surface area contributed by atoms with E-state index in [0.29, 0.717) is 6.04 Å². The molecule has 0 saturated heterocycles. The van der Waals surface area contributed by atoms with Crippen molar-refractivity contribution in [1.29, 1.82) is 0 Å². The zero-order valence-electron chi connectivity index (χ0n) is 10.6. The second-order valence-electron chi connectivity index (χ2n) is 4.86. The molecule has 102 valence electrons. The molecule has 1 atom stereocenters. The molecule has 0 saturated carbocycles. The molecule has 4 rings (SSSR count). The van der Waals surface area contributed by atoms with Crippen molar-refractivity contribution in [3.05, 3.63) is 34.4 Å². The average molecular weight is 350 g/mol. The van der Waals surface area contributed by atoms with Crippen LogP contribution in [0.3, 0.4) is 0 Å². The van der Waals surface area contributed by atoms with Crippen LogP contribution in [0.15, 0.2) is 28.6 Å². The highest BCUT2D eigenvalue weighted by atomic mass is 79.9. The van der Waals surface area contributed by atoms with Gasteiger partial charge < -0.3 is 9.88 Å². The number of anilines is 1. The number of aromatic nitrogens is 4. The highest BCUT2D eigenvalue weighted by Crippen LogP contribution is 2.33. The van der Waals surface area contributed by atoms with Crippen molar-refractivity contribution in [2.45, 2.75) is 25.4 Å². The van der Waals surface area contributed by atoms with Gasteiger partial charge in [-0.3, -0.25) is 0 Å². The number of nitrogens with one attached hydrogen (secondary N) is 1. The fourth-order valence-corrected chi connectivity index (χ4v) is 4.09. The van der Waals surface area contributed by atoms with E-state index in [4.69, 9.17) is 0 Å². The molecule has 3 aromatic heterocycles. The van der Waals surface area contributed by atoms with Crippen LogP contribution in [0.1, 0.15) is 12.2 Å². The minimum Gasteiger partial charge on any atom is -0.366 e. The Balaban J connectivity index is 1.62. The summed E-state index contributed by atoms with van der Waals surface area (Å²) in [7, 11) is 0. The number of hydrogen-bond acceptors (Lipinski definition) is 5. The highest BCUT2D eigenvalue weighted by molar-refractivity contribution is 9.11. The molecule has 3 aromatic rings. The number of fused-ring (bicyclic) bond motifs is 2. The number of halogens is 1. The fraction of sp³-hybridized carbons (Fsp3) is 0.308. The summed E-state index contributed by atoms with van der Waals surface area (Å²) in [6, 6.07) is 2.41. The minimum absolute atomic E-state index is 0.379. The second-order valence-corrected chi connectivity index (χ2v) is 7.29. The number of aryl methyl sites for hydroxylation is 1. The number of nitrogens with zero attached hydrogens (tertiary/aromatic N) is 4. The molecule has 0 bridgehead atoms. The van der Waals surface area contributed by atoms with Crippen molar-refractivity contribution in [1.82, 2.24) is 19.5 Å². The first-order valence-electron chi connectivity index (χ1n) is 6.46. The molecule has 0 spiro atoms. The lowest BCUT2D eigenvalue weighted by Crippen LogP contribution is -2.30. The van der Waals surface area contributed by atoms with Gasteiger partial charge in [0, 0.05) is 31.4 Å². The van der Waals surface area contributed by atoms with Gasteiger partial charge in [-0.05, 0) is 28.4 Å². The maximum Gasteiger partial charge on any atom is 0.147 e. The Kier molecular flexibility index (Phi) is 2.96. The first-order chi connectivity index (χ1) is 9.79. The van der Waals surface area contributed by atoms with E-state index in [1.54, 1.807) is 17.7 Å². The van der Waals surface area contributed by atoms with Gasteiger partial charge in [-0.1, -0.05) is 0 Å². The summed E-state index contributed by atoms with van der Waals surface area (Å²) < 4.78 is 4.40. The van der Waals surface area contributed by atoms with Crippen LogP contribution >= 0.6 is 27.3 Å². The van der Waals surface area contributed by atoms with Crippen molar-refractivity contribution in [3.8, 4) is 0 Å². The van der Waals surface area contributed by atoms with Gasteiger partial charge in [0.15, 0.2) is 0 Å². The Labute approximate surface area is 128 Å². The van der Waals surface area contributed by atoms with Crippen LogP contribution in [-0.4, -0.2) is 25.6 Å². The number of imidazole rings is 1. The highest BCUT2D eigenvalue weighted by Gasteiger charge is 2.20. The molecule has 5 nitrogen and oxygen atoms in total. The number of thiophene rings is 1. The van der Waals surface area contributed by atoms with Gasteiger partial charge in [0.25, 0.3) is 0 Å². The normalized spacial score (nSPS) is 18.1. The third kappa shape index (κ3) is 2.10. The minimum atomic E-state index is 0.379. The molecule has 0 radical (unpaired) electrons. The molecule has 1 aliphatic heterocycles. The molecule has 1 N–H and O–H groups in total. The lowest BCUT2D eigenvalue weighted by molar-refractivity contribution is 0.483. The van der Waals surface area contributed by atoms with Gasteiger partial charge in [-0.2, -0.15) is 0 Å². The van der Waals surface area contributed by atoms with Crippen molar-refractivity contribution in [3.63, 3.8) is 0 Å². The van der Waals surface area contributed by atoms with Crippen LogP contribution in [0.4, 0.5) is 5.82 Å². The van der Waals surface area contributed by atoms with Crippen LogP contribution in [0.5, 0.6) is 0 Å². The van der Waals surface area contributed by atoms with Crippen LogP contribution in [0.25, 0.3) is 10.2 Å². The molecule has 7 heteroatoms. The Morgan fingerprint density at radius 1 is 1.35 bits per heavy atom. The fourth-order valence-electron chi connectivity index (χ4n) is 2.60. The molecule has 0 amide bonds. The largest absolute Gasteiger partial charge is 0.366 e. The summed E-state index contributed by atoms with van der Waals surface area (Å²) in [6.45, 7) is 1.01. The molecular weight excluding hydrogens is 338 g/mol. The van der Waals surface area contributed by atoms with E-state index in [2.05, 4.69) is 40.8 Å². The van der Waals surface area contributed by atoms with E-state index >= 15 is 0 Å². The molecule has 20 heavy (non-hydrogen) atoms. The lowest BCUT2D eigenvalue weighted by Gasteiger charge is -2.24. The molecular formula is C13H12BrN5S. The lowest BCUT2D eigenvalue weighted by atomic mass is 10.1. The Bertz CT molecular complexity index is 765. The van der Waals surface area contributed by atoms with Gasteiger partial charge in [0.1, 0.15) is 18.0 Å². The van der Waals surface area contributed by atoms with Crippen molar-refractivity contribution in [2.75, 3.05) is 5.32 Å². The standard InChI is InChI=1S/C13H12BrN5S/c14-10-6-9-12(20-10)13(17-7-16-9)18-8-1-3-19-4-2-15-11(19)5-8/h2,4,6-8H,1,3,5H2,(H,16,17,18). The van der Waals surface area contributed by atoms with E-state index in [9.17, 15) is 0 Å². The molecule has 4 heterocycles. The van der Waals surface area contributed by atoms with E-state index < -0.39 is 0 Å². The Morgan fingerprint density at radius 3 is 3.25 bits per heavy atom. The van der Waals surface area contributed by atoms with E-state index in [-0.39, 0.29) is 0 Å². The van der Waals surface area contributed by atoms with Gasteiger partial charge in [-0.15, -0.1) is 11.3 Å². The summed E-state index contributed by atoms with van der Waals surface area (Å²) in [6.07, 6.45) is 7.56. The van der Waals surface area contributed by atoms with Gasteiger partial charge >= 0.3 is 0 Å². The van der Waals surface area contributed by atoms with Gasteiger partial charge in [0.05, 0.1) is 14.0 Å². The zero-order valence-corrected chi connectivity index (χ0v) is 13.0. The molecule has 1 unspecified atom stereocenters. The third-order valence-corrected chi connectivity index (χ3v) is 5.21. The predicted molar refractivity (Wildman–Crippen MR) is 83.1 cm³/mol.